The summed E-state index contributed by atoms with van der Waals surface area (Å²) < 4.78 is 6.77. The average Bonchev–Trinajstić information content (AvgIpc) is 1.35. The molecule has 0 fully saturated rings. The van der Waals surface area contributed by atoms with E-state index in [1.165, 1.54) is 0 Å². The van der Waals surface area contributed by atoms with Crippen molar-refractivity contribution in [3.8, 4) is 0 Å². The minimum Gasteiger partial charge on any atom is -0.305 e. The summed E-state index contributed by atoms with van der Waals surface area (Å²) in [5.41, 5.74) is 0. The fourth-order valence-electron chi connectivity index (χ4n) is 0.0962. The molecule has 0 aromatic heterocycles. The van der Waals surface area contributed by atoms with Crippen LogP contribution >= 0.6 is 0 Å². The van der Waals surface area contributed by atoms with Crippen LogP contribution in [0, 0.1) is 0 Å². The summed E-state index contributed by atoms with van der Waals surface area (Å²) in [6.07, 6.45) is -0.199. The van der Waals surface area contributed by atoms with Crippen LogP contribution < -0.4 is 5.90 Å². The molecule has 0 spiro atoms. The molecule has 0 unspecified atom stereocenters. The molecule has 0 amide bonds. The average molecular weight is 73.9 g/mol. The Hall–Kier alpha value is -0.0151. The van der Waals surface area contributed by atoms with E-state index in [2.05, 4.69) is 10.7 Å². The molecule has 0 rings (SSSR count). The summed E-state index contributed by atoms with van der Waals surface area (Å²) in [5, 5.41) is 0. The lowest BCUT2D eigenvalue weighted by molar-refractivity contribution is 0.152. The van der Waals surface area contributed by atoms with E-state index in [4.69, 9.17) is 1.37 Å². The second-order valence-corrected chi connectivity index (χ2v) is 0.742. The van der Waals surface area contributed by atoms with Gasteiger partial charge in [0.05, 0.1) is 6.61 Å². The van der Waals surface area contributed by atoms with Crippen LogP contribution in [0.25, 0.3) is 0 Å². The van der Waals surface area contributed by atoms with Crippen LogP contribution in [0.4, 0.5) is 0 Å². The Kier molecular flexibility index (Phi) is 2.54. The van der Waals surface area contributed by atoms with E-state index in [1.54, 1.807) is 7.85 Å². The molecule has 1 atom stereocenters. The lowest BCUT2D eigenvalue weighted by Gasteiger charge is -1.83. The highest BCUT2D eigenvalue weighted by Crippen LogP contribution is 1.64. The Morgan fingerprint density at radius 3 is 2.80 bits per heavy atom. The SMILES string of the molecule is [2H][C@@H](B)CON. The molecule has 0 saturated carbocycles. The first kappa shape index (κ1) is 3.19. The fourth-order valence-corrected chi connectivity index (χ4v) is 0.0962. The molecule has 0 aliphatic carbocycles. The normalized spacial score (nSPS) is 17.4. The van der Waals surface area contributed by atoms with Gasteiger partial charge in [0.15, 0.2) is 0 Å². The Bertz CT molecular complexity index is 34.7. The molecule has 0 heterocycles. The van der Waals surface area contributed by atoms with Crippen molar-refractivity contribution in [1.82, 2.24) is 0 Å². The topological polar surface area (TPSA) is 35.2 Å². The molecule has 5 heavy (non-hydrogen) atoms. The van der Waals surface area contributed by atoms with Gasteiger partial charge in [-0.2, -0.15) is 0 Å². The van der Waals surface area contributed by atoms with Crippen molar-refractivity contribution in [2.75, 3.05) is 6.61 Å². The molecule has 2 N–H and O–H groups in total. The van der Waals surface area contributed by atoms with Crippen molar-refractivity contribution < 1.29 is 6.21 Å². The van der Waals surface area contributed by atoms with Gasteiger partial charge >= 0.3 is 0 Å². The van der Waals surface area contributed by atoms with Crippen LogP contribution in [0.1, 0.15) is 1.37 Å². The Morgan fingerprint density at radius 2 is 2.80 bits per heavy atom. The van der Waals surface area contributed by atoms with E-state index >= 15 is 0 Å². The molecule has 0 aromatic carbocycles. The van der Waals surface area contributed by atoms with Crippen molar-refractivity contribution in [3.05, 3.63) is 0 Å². The number of nitrogens with two attached hydrogens (primary N) is 1. The van der Waals surface area contributed by atoms with Gasteiger partial charge < -0.3 is 4.84 Å². The van der Waals surface area contributed by atoms with Crippen molar-refractivity contribution >= 4 is 7.85 Å². The second kappa shape index (κ2) is 3.98. The van der Waals surface area contributed by atoms with E-state index in [0.717, 1.165) is 0 Å². The van der Waals surface area contributed by atoms with Gasteiger partial charge in [-0.15, -0.1) is 0 Å². The molecular formula is C2H8BNO. The Labute approximate surface area is 34.1 Å². The Morgan fingerprint density at radius 1 is 2.20 bits per heavy atom. The number of hydrogen-bond donors (Lipinski definition) is 1. The van der Waals surface area contributed by atoms with Gasteiger partial charge in [0, 0.05) is 1.37 Å². The van der Waals surface area contributed by atoms with E-state index < -0.39 is 0 Å². The first-order valence-electron chi connectivity index (χ1n) is 2.09. The molecule has 0 aliphatic heterocycles. The molecule has 3 heteroatoms. The number of hydrogen-bond acceptors (Lipinski definition) is 2. The minimum absolute atomic E-state index is 0.199. The van der Waals surface area contributed by atoms with Gasteiger partial charge in [-0.3, -0.25) is 0 Å². The van der Waals surface area contributed by atoms with Gasteiger partial charge in [0.25, 0.3) is 0 Å². The standard InChI is InChI=1S/C2H8BNO/c3-1-2-5-4/h1-4H2/i1D/t1-/m1/s1. The molecular weight excluding hydrogens is 64.8 g/mol. The van der Waals surface area contributed by atoms with Crippen molar-refractivity contribution in [2.45, 2.75) is 6.30 Å². The third kappa shape index (κ3) is 3.98. The van der Waals surface area contributed by atoms with Crippen molar-refractivity contribution in [3.63, 3.8) is 0 Å². The molecule has 2 nitrogen and oxygen atoms in total. The van der Waals surface area contributed by atoms with Crippen LogP contribution in [0.5, 0.6) is 0 Å². The summed E-state index contributed by atoms with van der Waals surface area (Å²) in [7, 11) is 1.72. The second-order valence-electron chi connectivity index (χ2n) is 0.742. The maximum atomic E-state index is 6.77. The number of rotatable bonds is 2. The maximum absolute atomic E-state index is 6.77. The molecule has 0 bridgehead atoms. The van der Waals surface area contributed by atoms with Crippen molar-refractivity contribution in [1.29, 1.82) is 0 Å². The van der Waals surface area contributed by atoms with Gasteiger partial charge in [-0.25, -0.2) is 5.90 Å². The lowest BCUT2D eigenvalue weighted by Crippen LogP contribution is -1.98. The minimum atomic E-state index is -0.199. The summed E-state index contributed by atoms with van der Waals surface area (Å²) in [6.45, 7) is 0.319. The molecule has 0 aromatic rings. The first-order valence-corrected chi connectivity index (χ1v) is 1.51. The van der Waals surface area contributed by atoms with Crippen LogP contribution in [-0.2, 0) is 4.84 Å². The van der Waals surface area contributed by atoms with E-state index in [-0.39, 0.29) is 6.30 Å². The molecule has 0 radical (unpaired) electrons. The summed E-state index contributed by atoms with van der Waals surface area (Å²) in [5.74, 6) is 4.61. The highest BCUT2D eigenvalue weighted by atomic mass is 16.6. The highest BCUT2D eigenvalue weighted by Gasteiger charge is 1.67. The summed E-state index contributed by atoms with van der Waals surface area (Å²) in [6, 6.07) is 0. The van der Waals surface area contributed by atoms with Gasteiger partial charge in [0.2, 0.25) is 0 Å². The third-order valence-corrected chi connectivity index (χ3v) is 0.263. The monoisotopic (exact) mass is 74.1 g/mol. The Balaban J connectivity index is 2.63. The van der Waals surface area contributed by atoms with Crippen LogP contribution in [0.2, 0.25) is 6.30 Å². The zero-order valence-electron chi connectivity index (χ0n) is 4.27. The van der Waals surface area contributed by atoms with E-state index in [9.17, 15) is 0 Å². The summed E-state index contributed by atoms with van der Waals surface area (Å²) >= 11 is 0. The zero-order chi connectivity index (χ0) is 4.99. The van der Waals surface area contributed by atoms with Crippen molar-refractivity contribution in [2.24, 2.45) is 5.90 Å². The maximum Gasteiger partial charge on any atom is 0.104 e. The largest absolute Gasteiger partial charge is 0.305 e. The molecule has 0 aliphatic rings. The van der Waals surface area contributed by atoms with Gasteiger partial charge in [0.1, 0.15) is 7.85 Å². The van der Waals surface area contributed by atoms with Crippen LogP contribution in [-0.4, -0.2) is 14.5 Å². The molecule has 0 saturated heterocycles. The predicted octanol–water partition coefficient (Wildman–Crippen LogP) is -1.07. The highest BCUT2D eigenvalue weighted by molar-refractivity contribution is 6.08. The van der Waals surface area contributed by atoms with Crippen LogP contribution in [0.3, 0.4) is 0 Å². The third-order valence-electron chi connectivity index (χ3n) is 0.263. The predicted molar refractivity (Wildman–Crippen MR) is 23.5 cm³/mol. The van der Waals surface area contributed by atoms with E-state index in [0.29, 0.717) is 6.61 Å². The van der Waals surface area contributed by atoms with Gasteiger partial charge in [-0.05, 0) is 0 Å². The fraction of sp³-hybridized carbons (Fsp3) is 1.00. The smallest absolute Gasteiger partial charge is 0.104 e. The summed E-state index contributed by atoms with van der Waals surface area (Å²) in [4.78, 5) is 4.12. The first-order chi connectivity index (χ1) is 2.77. The molecule has 30 valence electrons. The zero-order valence-corrected chi connectivity index (χ0v) is 3.27. The van der Waals surface area contributed by atoms with Gasteiger partial charge in [-0.1, -0.05) is 6.30 Å². The lowest BCUT2D eigenvalue weighted by atomic mass is 10.1. The van der Waals surface area contributed by atoms with E-state index in [1.807, 2.05) is 0 Å². The quantitative estimate of drug-likeness (QED) is 0.334. The van der Waals surface area contributed by atoms with Crippen LogP contribution in [0.15, 0.2) is 0 Å².